The lowest BCUT2D eigenvalue weighted by Gasteiger charge is -2.48. The number of phenols is 4. The van der Waals surface area contributed by atoms with Crippen LogP contribution in [0.25, 0.3) is 0 Å². The van der Waals surface area contributed by atoms with Gasteiger partial charge in [0.2, 0.25) is 11.4 Å². The zero-order chi connectivity index (χ0) is 21.6. The van der Waals surface area contributed by atoms with Crippen LogP contribution in [0.15, 0.2) is 30.3 Å². The molecule has 0 amide bonds. The predicted molar refractivity (Wildman–Crippen MR) is 98.1 cm³/mol. The summed E-state index contributed by atoms with van der Waals surface area (Å²) in [5.74, 6) is -6.34. The van der Waals surface area contributed by atoms with Crippen LogP contribution in [0, 0.1) is 0 Å². The predicted octanol–water partition coefficient (Wildman–Crippen LogP) is 1.68. The largest absolute Gasteiger partial charge is 0.508 e. The third-order valence-corrected chi connectivity index (χ3v) is 4.67. The SMILES string of the molecule is CCO[C@]1(c2ccc(O)c(O)c2)Oc2cc(O)cc(O)c2C(=O)[C@]1(O)CC(C)=O. The van der Waals surface area contributed by atoms with E-state index in [1.54, 1.807) is 6.92 Å². The number of carbonyl (C=O) groups excluding carboxylic acids is 2. The van der Waals surface area contributed by atoms with Crippen molar-refractivity contribution >= 4 is 11.6 Å². The lowest BCUT2D eigenvalue weighted by atomic mass is 9.75. The molecule has 5 N–H and O–H groups in total. The molecular formula is C20H20O9. The summed E-state index contributed by atoms with van der Waals surface area (Å²) in [5, 5.41) is 51.0. The first-order valence-electron chi connectivity index (χ1n) is 8.73. The first kappa shape index (κ1) is 20.4. The summed E-state index contributed by atoms with van der Waals surface area (Å²) in [6.07, 6.45) is -0.729. The average Bonchev–Trinajstić information content (AvgIpc) is 2.61. The fraction of sp³-hybridized carbons (Fsp3) is 0.300. The fourth-order valence-electron chi connectivity index (χ4n) is 3.51. The number of hydrogen-bond acceptors (Lipinski definition) is 9. The molecule has 29 heavy (non-hydrogen) atoms. The summed E-state index contributed by atoms with van der Waals surface area (Å²) < 4.78 is 11.5. The van der Waals surface area contributed by atoms with Crippen LogP contribution in [0.3, 0.4) is 0 Å². The summed E-state index contributed by atoms with van der Waals surface area (Å²) in [4.78, 5) is 25.2. The van der Waals surface area contributed by atoms with Crippen molar-refractivity contribution in [2.24, 2.45) is 0 Å². The summed E-state index contributed by atoms with van der Waals surface area (Å²) in [6.45, 7) is 2.62. The van der Waals surface area contributed by atoms with E-state index in [0.717, 1.165) is 31.2 Å². The number of carbonyl (C=O) groups is 2. The van der Waals surface area contributed by atoms with Crippen LogP contribution in [-0.4, -0.2) is 49.3 Å². The van der Waals surface area contributed by atoms with E-state index in [1.807, 2.05) is 0 Å². The Balaban J connectivity index is 2.37. The van der Waals surface area contributed by atoms with Crippen LogP contribution in [0.5, 0.6) is 28.7 Å². The van der Waals surface area contributed by atoms with E-state index < -0.39 is 57.9 Å². The lowest BCUT2D eigenvalue weighted by Crippen LogP contribution is -2.64. The molecule has 0 aromatic heterocycles. The highest BCUT2D eigenvalue weighted by Crippen LogP contribution is 2.52. The minimum absolute atomic E-state index is 0.0692. The molecule has 0 saturated carbocycles. The molecule has 1 aliphatic heterocycles. The van der Waals surface area contributed by atoms with Crippen molar-refractivity contribution in [2.45, 2.75) is 31.7 Å². The molecule has 2 atom stereocenters. The number of Topliss-reactive ketones (excluding diaryl/α,β-unsaturated/α-hetero) is 2. The Labute approximate surface area is 165 Å². The van der Waals surface area contributed by atoms with Crippen molar-refractivity contribution < 1.29 is 44.6 Å². The quantitative estimate of drug-likeness (QED) is 0.468. The average molecular weight is 404 g/mol. The zero-order valence-corrected chi connectivity index (χ0v) is 15.7. The Bertz CT molecular complexity index is 1000. The van der Waals surface area contributed by atoms with Gasteiger partial charge in [-0.3, -0.25) is 9.59 Å². The molecule has 1 heterocycles. The number of ether oxygens (including phenoxy) is 2. The number of hydrogen-bond donors (Lipinski definition) is 5. The van der Waals surface area contributed by atoms with Crippen molar-refractivity contribution in [2.75, 3.05) is 6.61 Å². The first-order chi connectivity index (χ1) is 13.6. The Kier molecular flexibility index (Phi) is 4.89. The van der Waals surface area contributed by atoms with Crippen molar-refractivity contribution in [3.63, 3.8) is 0 Å². The second kappa shape index (κ2) is 6.94. The van der Waals surface area contributed by atoms with Crippen LogP contribution in [0.2, 0.25) is 0 Å². The van der Waals surface area contributed by atoms with Crippen LogP contribution < -0.4 is 4.74 Å². The second-order valence-electron chi connectivity index (χ2n) is 6.76. The maximum atomic E-state index is 13.3. The van der Waals surface area contributed by atoms with Crippen LogP contribution in [0.1, 0.15) is 36.2 Å². The topological polar surface area (TPSA) is 154 Å². The van der Waals surface area contributed by atoms with E-state index in [9.17, 15) is 35.1 Å². The van der Waals surface area contributed by atoms with Gasteiger partial charge in [-0.25, -0.2) is 0 Å². The second-order valence-corrected chi connectivity index (χ2v) is 6.76. The number of aliphatic hydroxyl groups is 1. The molecule has 2 aromatic carbocycles. The zero-order valence-electron chi connectivity index (χ0n) is 15.7. The number of phenolic OH excluding ortho intramolecular Hbond substituents is 4. The van der Waals surface area contributed by atoms with Crippen molar-refractivity contribution in [1.29, 1.82) is 0 Å². The molecule has 0 fully saturated rings. The van der Waals surface area contributed by atoms with Gasteiger partial charge in [0.25, 0.3) is 5.79 Å². The maximum Gasteiger partial charge on any atom is 0.274 e. The molecule has 9 heteroatoms. The maximum absolute atomic E-state index is 13.3. The summed E-state index contributed by atoms with van der Waals surface area (Å²) in [6, 6.07) is 5.32. The Hall–Kier alpha value is -3.30. The summed E-state index contributed by atoms with van der Waals surface area (Å²) >= 11 is 0. The number of aromatic hydroxyl groups is 4. The number of benzene rings is 2. The third kappa shape index (κ3) is 3.04. The Morgan fingerprint density at radius 3 is 2.34 bits per heavy atom. The Morgan fingerprint density at radius 2 is 1.76 bits per heavy atom. The van der Waals surface area contributed by atoms with Crippen LogP contribution in [0.4, 0.5) is 0 Å². The summed E-state index contributed by atoms with van der Waals surface area (Å²) in [5.41, 5.74) is -3.12. The molecule has 1 aliphatic rings. The molecule has 9 nitrogen and oxygen atoms in total. The van der Waals surface area contributed by atoms with Gasteiger partial charge in [0.15, 0.2) is 11.5 Å². The van der Waals surface area contributed by atoms with Crippen molar-refractivity contribution in [1.82, 2.24) is 0 Å². The molecular weight excluding hydrogens is 384 g/mol. The van der Waals surface area contributed by atoms with Crippen molar-refractivity contribution in [3.05, 3.63) is 41.5 Å². The van der Waals surface area contributed by atoms with Crippen LogP contribution in [-0.2, 0) is 15.3 Å². The standard InChI is InChI=1S/C20H20O9/c1-3-28-20(11-4-5-13(23)14(24)6-11)19(27,9-10(2)21)18(26)17-15(25)7-12(22)8-16(17)29-20/h4-8,22-25,27H,3,9H2,1-2H3/t19-,20-/m1/s1. The molecule has 154 valence electrons. The first-order valence-corrected chi connectivity index (χ1v) is 8.73. The van der Waals surface area contributed by atoms with Gasteiger partial charge in [0, 0.05) is 30.7 Å². The van der Waals surface area contributed by atoms with E-state index >= 15 is 0 Å². The monoisotopic (exact) mass is 404 g/mol. The van der Waals surface area contributed by atoms with Gasteiger partial charge >= 0.3 is 0 Å². The molecule has 0 aliphatic carbocycles. The highest BCUT2D eigenvalue weighted by Gasteiger charge is 2.64. The highest BCUT2D eigenvalue weighted by atomic mass is 16.7. The number of ketones is 2. The number of rotatable bonds is 5. The van der Waals surface area contributed by atoms with Crippen molar-refractivity contribution in [3.8, 4) is 28.7 Å². The van der Waals surface area contributed by atoms with E-state index in [1.165, 1.54) is 6.07 Å². The molecule has 0 saturated heterocycles. The minimum Gasteiger partial charge on any atom is -0.508 e. The van der Waals surface area contributed by atoms with Crippen LogP contribution >= 0.6 is 0 Å². The third-order valence-electron chi connectivity index (χ3n) is 4.67. The summed E-state index contributed by atoms with van der Waals surface area (Å²) in [7, 11) is 0. The molecule has 3 rings (SSSR count). The van der Waals surface area contributed by atoms with Gasteiger partial charge in [0.1, 0.15) is 28.6 Å². The van der Waals surface area contributed by atoms with Gasteiger partial charge in [-0.15, -0.1) is 0 Å². The van der Waals surface area contributed by atoms with Gasteiger partial charge < -0.3 is 35.0 Å². The van der Waals surface area contributed by atoms with E-state index in [4.69, 9.17) is 9.47 Å². The Morgan fingerprint density at radius 1 is 1.07 bits per heavy atom. The van der Waals surface area contributed by atoms with Gasteiger partial charge in [0.05, 0.1) is 0 Å². The minimum atomic E-state index is -2.63. The molecule has 0 radical (unpaired) electrons. The normalized spacial score (nSPS) is 23.3. The lowest BCUT2D eigenvalue weighted by molar-refractivity contribution is -0.277. The van der Waals surface area contributed by atoms with Gasteiger partial charge in [-0.05, 0) is 32.0 Å². The highest BCUT2D eigenvalue weighted by molar-refractivity contribution is 6.10. The molecule has 2 aromatic rings. The van der Waals surface area contributed by atoms with E-state index in [-0.39, 0.29) is 17.9 Å². The molecule has 0 bridgehead atoms. The van der Waals surface area contributed by atoms with E-state index in [0.29, 0.717) is 0 Å². The van der Waals surface area contributed by atoms with Gasteiger partial charge in [-0.1, -0.05) is 0 Å². The number of fused-ring (bicyclic) bond motifs is 1. The smallest absolute Gasteiger partial charge is 0.274 e. The molecule has 0 spiro atoms. The molecule has 0 unspecified atom stereocenters. The van der Waals surface area contributed by atoms with Gasteiger partial charge in [-0.2, -0.15) is 0 Å². The fourth-order valence-corrected chi connectivity index (χ4v) is 3.51. The van der Waals surface area contributed by atoms with E-state index in [2.05, 4.69) is 0 Å².